The molecule has 1 aromatic heterocycles. The van der Waals surface area contributed by atoms with E-state index < -0.39 is 0 Å². The summed E-state index contributed by atoms with van der Waals surface area (Å²) in [6.45, 7) is 2.52. The maximum Gasteiger partial charge on any atom is 0.0648 e. The van der Waals surface area contributed by atoms with Crippen molar-refractivity contribution in [3.63, 3.8) is 0 Å². The molecular weight excluding hydrogens is 178 g/mol. The molecule has 0 bridgehead atoms. The number of H-pyrrole nitrogens is 1. The number of aromatic nitrogens is 1. The van der Waals surface area contributed by atoms with Gasteiger partial charge >= 0.3 is 0 Å². The van der Waals surface area contributed by atoms with Gasteiger partial charge in [-0.3, -0.25) is 0 Å². The van der Waals surface area contributed by atoms with Crippen LogP contribution in [0.4, 0.5) is 0 Å². The summed E-state index contributed by atoms with van der Waals surface area (Å²) in [5.41, 5.74) is 1.20. The predicted octanol–water partition coefficient (Wildman–Crippen LogP) is 0.264. The van der Waals surface area contributed by atoms with Gasteiger partial charge in [0.05, 0.1) is 25.3 Å². The van der Waals surface area contributed by atoms with Gasteiger partial charge in [0, 0.05) is 18.4 Å². The van der Waals surface area contributed by atoms with Gasteiger partial charge in [-0.2, -0.15) is 0 Å². The van der Waals surface area contributed by atoms with Crippen LogP contribution in [0.2, 0.25) is 0 Å². The van der Waals surface area contributed by atoms with Crippen molar-refractivity contribution < 1.29 is 4.74 Å². The lowest BCUT2D eigenvalue weighted by Crippen LogP contribution is -2.48. The van der Waals surface area contributed by atoms with Crippen LogP contribution in [0.1, 0.15) is 11.7 Å². The molecule has 1 aliphatic heterocycles. The van der Waals surface area contributed by atoms with E-state index in [4.69, 9.17) is 4.74 Å². The third-order valence-corrected chi connectivity index (χ3v) is 2.62. The fourth-order valence-corrected chi connectivity index (χ4v) is 1.91. The number of likely N-dealkylation sites (N-methyl/N-ethyl adjacent to an activating group) is 1. The molecule has 4 heteroatoms. The number of rotatable bonds is 3. The molecule has 1 aliphatic rings. The van der Waals surface area contributed by atoms with E-state index >= 15 is 0 Å². The summed E-state index contributed by atoms with van der Waals surface area (Å²) in [6.07, 6.45) is 1.95. The first-order valence-corrected chi connectivity index (χ1v) is 5.03. The molecule has 1 fully saturated rings. The average Bonchev–Trinajstić information content (AvgIpc) is 2.74. The molecule has 0 spiro atoms. The Morgan fingerprint density at radius 1 is 1.64 bits per heavy atom. The minimum Gasteiger partial charge on any atom is -0.378 e. The molecule has 2 heterocycles. The van der Waals surface area contributed by atoms with Crippen LogP contribution in [0.25, 0.3) is 0 Å². The topological polar surface area (TPSA) is 49.1 Å². The Bertz CT molecular complexity index is 254. The Kier molecular flexibility index (Phi) is 3.18. The summed E-state index contributed by atoms with van der Waals surface area (Å²) in [6, 6.07) is 4.76. The molecule has 78 valence electrons. The van der Waals surface area contributed by atoms with E-state index in [-0.39, 0.29) is 0 Å². The molecule has 0 amide bonds. The maximum absolute atomic E-state index is 5.45. The van der Waals surface area contributed by atoms with Crippen LogP contribution in [0.15, 0.2) is 18.3 Å². The molecule has 1 aromatic rings. The third kappa shape index (κ3) is 1.97. The molecule has 2 unspecified atom stereocenters. The summed E-state index contributed by atoms with van der Waals surface area (Å²) in [5.74, 6) is 0. The largest absolute Gasteiger partial charge is 0.378 e. The van der Waals surface area contributed by atoms with Gasteiger partial charge < -0.3 is 20.4 Å². The fraction of sp³-hybridized carbons (Fsp3) is 0.600. The summed E-state index contributed by atoms with van der Waals surface area (Å²) >= 11 is 0. The fourth-order valence-electron chi connectivity index (χ4n) is 1.91. The van der Waals surface area contributed by atoms with E-state index in [0.717, 1.165) is 19.8 Å². The molecule has 0 radical (unpaired) electrons. The molecule has 2 atom stereocenters. The molecule has 0 aromatic carbocycles. The summed E-state index contributed by atoms with van der Waals surface area (Å²) in [7, 11) is 1.97. The van der Waals surface area contributed by atoms with Crippen LogP contribution in [-0.2, 0) is 4.74 Å². The van der Waals surface area contributed by atoms with E-state index in [1.807, 2.05) is 19.3 Å². The van der Waals surface area contributed by atoms with Crippen LogP contribution in [0.3, 0.4) is 0 Å². The number of aromatic amines is 1. The van der Waals surface area contributed by atoms with Crippen LogP contribution in [0.5, 0.6) is 0 Å². The molecule has 2 rings (SSSR count). The summed E-state index contributed by atoms with van der Waals surface area (Å²) in [4.78, 5) is 3.23. The first kappa shape index (κ1) is 9.71. The van der Waals surface area contributed by atoms with Gasteiger partial charge in [0.2, 0.25) is 0 Å². The van der Waals surface area contributed by atoms with Gasteiger partial charge in [-0.1, -0.05) is 0 Å². The zero-order chi connectivity index (χ0) is 9.80. The highest BCUT2D eigenvalue weighted by Crippen LogP contribution is 2.15. The number of hydrogen-bond donors (Lipinski definition) is 3. The monoisotopic (exact) mass is 195 g/mol. The van der Waals surface area contributed by atoms with E-state index in [1.54, 1.807) is 0 Å². The zero-order valence-electron chi connectivity index (χ0n) is 8.42. The van der Waals surface area contributed by atoms with Crippen LogP contribution in [-0.4, -0.2) is 37.8 Å². The Balaban J connectivity index is 2.04. The lowest BCUT2D eigenvalue weighted by Gasteiger charge is -2.30. The molecular formula is C10H17N3O. The van der Waals surface area contributed by atoms with Crippen molar-refractivity contribution in [1.82, 2.24) is 15.6 Å². The molecule has 0 saturated carbocycles. The van der Waals surface area contributed by atoms with Gasteiger partial charge in [-0.25, -0.2) is 0 Å². The van der Waals surface area contributed by atoms with E-state index in [9.17, 15) is 0 Å². The first-order chi connectivity index (χ1) is 6.92. The smallest absolute Gasteiger partial charge is 0.0648 e. The van der Waals surface area contributed by atoms with Crippen molar-refractivity contribution in [3.05, 3.63) is 24.0 Å². The normalized spacial score (nSPS) is 24.8. The lowest BCUT2D eigenvalue weighted by atomic mass is 10.1. The van der Waals surface area contributed by atoms with Crippen LogP contribution >= 0.6 is 0 Å². The molecule has 14 heavy (non-hydrogen) atoms. The van der Waals surface area contributed by atoms with Gasteiger partial charge in [-0.05, 0) is 19.2 Å². The standard InChI is InChI=1S/C10H17N3O/c1-11-10(8-3-2-4-12-8)9-7-14-6-5-13-9/h2-4,9-13H,5-7H2,1H3. The Labute approximate surface area is 84.0 Å². The second-order valence-corrected chi connectivity index (χ2v) is 3.53. The Morgan fingerprint density at radius 2 is 2.57 bits per heavy atom. The maximum atomic E-state index is 5.45. The van der Waals surface area contributed by atoms with E-state index in [2.05, 4.69) is 21.7 Å². The van der Waals surface area contributed by atoms with E-state index in [0.29, 0.717) is 12.1 Å². The predicted molar refractivity (Wildman–Crippen MR) is 55.2 cm³/mol. The van der Waals surface area contributed by atoms with Crippen molar-refractivity contribution in [2.75, 3.05) is 26.8 Å². The Hall–Kier alpha value is -0.840. The zero-order valence-corrected chi connectivity index (χ0v) is 8.42. The number of hydrogen-bond acceptors (Lipinski definition) is 3. The van der Waals surface area contributed by atoms with Gasteiger partial charge in [0.1, 0.15) is 0 Å². The highest BCUT2D eigenvalue weighted by molar-refractivity contribution is 5.12. The highest BCUT2D eigenvalue weighted by atomic mass is 16.5. The van der Waals surface area contributed by atoms with Crippen molar-refractivity contribution in [1.29, 1.82) is 0 Å². The Morgan fingerprint density at radius 3 is 3.14 bits per heavy atom. The van der Waals surface area contributed by atoms with Crippen LogP contribution < -0.4 is 10.6 Å². The first-order valence-electron chi connectivity index (χ1n) is 5.03. The van der Waals surface area contributed by atoms with Gasteiger partial charge in [0.15, 0.2) is 0 Å². The minimum atomic E-state index is 0.297. The quantitative estimate of drug-likeness (QED) is 0.648. The number of nitrogens with one attached hydrogen (secondary N) is 3. The van der Waals surface area contributed by atoms with Gasteiger partial charge in [0.25, 0.3) is 0 Å². The second-order valence-electron chi connectivity index (χ2n) is 3.53. The molecule has 3 N–H and O–H groups in total. The summed E-state index contributed by atoms with van der Waals surface area (Å²) < 4.78 is 5.45. The second kappa shape index (κ2) is 4.59. The third-order valence-electron chi connectivity index (χ3n) is 2.62. The van der Waals surface area contributed by atoms with Crippen molar-refractivity contribution in [3.8, 4) is 0 Å². The number of ether oxygens (including phenoxy) is 1. The summed E-state index contributed by atoms with van der Waals surface area (Å²) in [5, 5.41) is 6.75. The van der Waals surface area contributed by atoms with Crippen molar-refractivity contribution in [2.45, 2.75) is 12.1 Å². The number of morpholine rings is 1. The minimum absolute atomic E-state index is 0.297. The SMILES string of the molecule is CNC(c1ccc[nH]1)C1COCCN1. The van der Waals surface area contributed by atoms with Gasteiger partial charge in [-0.15, -0.1) is 0 Å². The van der Waals surface area contributed by atoms with Crippen molar-refractivity contribution in [2.24, 2.45) is 0 Å². The molecule has 4 nitrogen and oxygen atoms in total. The van der Waals surface area contributed by atoms with Crippen molar-refractivity contribution >= 4 is 0 Å². The molecule has 0 aliphatic carbocycles. The average molecular weight is 195 g/mol. The van der Waals surface area contributed by atoms with Crippen LogP contribution in [0, 0.1) is 0 Å². The lowest BCUT2D eigenvalue weighted by molar-refractivity contribution is 0.0641. The van der Waals surface area contributed by atoms with E-state index in [1.165, 1.54) is 5.69 Å². The highest BCUT2D eigenvalue weighted by Gasteiger charge is 2.24. The molecule has 1 saturated heterocycles.